The molecule has 0 aliphatic heterocycles. The first kappa shape index (κ1) is 17.1. The standard InChI is InChI=1S/C12H11ClF3N5O2/c1-3-23-11(22)10-18-19-20-21(10)6(2)9-8(13)4-7(5-17-9)12(14,15)16/h4-6H,3H2,1-2H3. The number of tetrazole rings is 1. The van der Waals surface area contributed by atoms with Crippen LogP contribution in [0.1, 0.15) is 41.8 Å². The highest BCUT2D eigenvalue weighted by molar-refractivity contribution is 6.31. The number of halogens is 4. The monoisotopic (exact) mass is 349 g/mol. The average Bonchev–Trinajstić information content (AvgIpc) is 2.95. The number of carbonyl (C=O) groups is 1. The lowest BCUT2D eigenvalue weighted by Crippen LogP contribution is -2.19. The van der Waals surface area contributed by atoms with Crippen molar-refractivity contribution in [1.82, 2.24) is 25.2 Å². The molecule has 0 N–H and O–H groups in total. The summed E-state index contributed by atoms with van der Waals surface area (Å²) in [5.41, 5.74) is -0.877. The summed E-state index contributed by atoms with van der Waals surface area (Å²) in [6, 6.07) is -0.00593. The Labute approximate surface area is 133 Å². The minimum Gasteiger partial charge on any atom is -0.460 e. The van der Waals surface area contributed by atoms with E-state index >= 15 is 0 Å². The normalized spacial score (nSPS) is 13.0. The fraction of sp³-hybridized carbons (Fsp3) is 0.417. The number of esters is 1. The van der Waals surface area contributed by atoms with E-state index in [9.17, 15) is 18.0 Å². The molecule has 1 atom stereocenters. The first-order chi connectivity index (χ1) is 10.8. The van der Waals surface area contributed by atoms with E-state index in [-0.39, 0.29) is 23.1 Å². The molecule has 0 spiro atoms. The second-order valence-electron chi connectivity index (χ2n) is 4.43. The van der Waals surface area contributed by atoms with Crippen LogP contribution in [0.25, 0.3) is 0 Å². The molecule has 124 valence electrons. The minimum absolute atomic E-state index is 0.0949. The molecule has 0 aliphatic rings. The highest BCUT2D eigenvalue weighted by Gasteiger charge is 2.32. The number of alkyl halides is 3. The van der Waals surface area contributed by atoms with E-state index in [1.165, 1.54) is 0 Å². The van der Waals surface area contributed by atoms with Crippen molar-refractivity contribution >= 4 is 17.6 Å². The summed E-state index contributed by atoms with van der Waals surface area (Å²) in [4.78, 5) is 15.5. The Balaban J connectivity index is 2.37. The number of nitrogens with zero attached hydrogens (tertiary/aromatic N) is 5. The van der Waals surface area contributed by atoms with E-state index in [1.54, 1.807) is 13.8 Å². The predicted octanol–water partition coefficient (Wildman–Crippen LogP) is 2.53. The van der Waals surface area contributed by atoms with Gasteiger partial charge >= 0.3 is 12.1 Å². The Kier molecular flexibility index (Phi) is 4.83. The van der Waals surface area contributed by atoms with Gasteiger partial charge in [-0.05, 0) is 30.3 Å². The number of hydrogen-bond acceptors (Lipinski definition) is 6. The van der Waals surface area contributed by atoms with Crippen LogP contribution >= 0.6 is 11.6 Å². The van der Waals surface area contributed by atoms with Gasteiger partial charge in [0.25, 0.3) is 5.82 Å². The molecule has 0 bridgehead atoms. The van der Waals surface area contributed by atoms with E-state index in [0.29, 0.717) is 6.20 Å². The number of pyridine rings is 1. The number of ether oxygens (including phenoxy) is 1. The van der Waals surface area contributed by atoms with Gasteiger partial charge in [-0.15, -0.1) is 5.10 Å². The molecule has 2 aromatic heterocycles. The lowest BCUT2D eigenvalue weighted by molar-refractivity contribution is -0.137. The molecular weight excluding hydrogens is 339 g/mol. The maximum Gasteiger partial charge on any atom is 0.417 e. The van der Waals surface area contributed by atoms with Crippen molar-refractivity contribution in [3.8, 4) is 0 Å². The van der Waals surface area contributed by atoms with Gasteiger partial charge in [-0.2, -0.15) is 13.2 Å². The van der Waals surface area contributed by atoms with Gasteiger partial charge in [0.05, 0.1) is 28.9 Å². The molecule has 0 aliphatic carbocycles. The summed E-state index contributed by atoms with van der Waals surface area (Å²) in [7, 11) is 0. The van der Waals surface area contributed by atoms with Gasteiger partial charge in [-0.25, -0.2) is 9.48 Å². The van der Waals surface area contributed by atoms with Crippen LogP contribution in [0.4, 0.5) is 13.2 Å². The Hall–Kier alpha value is -2.23. The smallest absolute Gasteiger partial charge is 0.417 e. The SMILES string of the molecule is CCOC(=O)c1nnnn1C(C)c1ncc(C(F)(F)F)cc1Cl. The molecule has 1 unspecified atom stereocenters. The third kappa shape index (κ3) is 3.58. The Bertz CT molecular complexity index is 719. The molecule has 7 nitrogen and oxygen atoms in total. The second kappa shape index (κ2) is 6.49. The van der Waals surface area contributed by atoms with Crippen molar-refractivity contribution < 1.29 is 22.7 Å². The van der Waals surface area contributed by atoms with Gasteiger partial charge in [-0.3, -0.25) is 4.98 Å². The molecule has 0 aromatic carbocycles. The fourth-order valence-corrected chi connectivity index (χ4v) is 2.14. The largest absolute Gasteiger partial charge is 0.460 e. The van der Waals surface area contributed by atoms with Crippen molar-refractivity contribution in [2.45, 2.75) is 26.1 Å². The van der Waals surface area contributed by atoms with Gasteiger partial charge < -0.3 is 4.74 Å². The Morgan fingerprint density at radius 2 is 2.17 bits per heavy atom. The van der Waals surface area contributed by atoms with E-state index in [0.717, 1.165) is 10.7 Å². The summed E-state index contributed by atoms with van der Waals surface area (Å²) in [5.74, 6) is -0.954. The molecule has 0 saturated carbocycles. The van der Waals surface area contributed by atoms with Crippen molar-refractivity contribution in [3.63, 3.8) is 0 Å². The number of hydrogen-bond donors (Lipinski definition) is 0. The van der Waals surface area contributed by atoms with Crippen LogP contribution in [-0.4, -0.2) is 37.8 Å². The summed E-state index contributed by atoms with van der Waals surface area (Å²) in [6.45, 7) is 3.28. The zero-order valence-corrected chi connectivity index (χ0v) is 12.8. The van der Waals surface area contributed by atoms with Crippen LogP contribution in [-0.2, 0) is 10.9 Å². The quantitative estimate of drug-likeness (QED) is 0.789. The molecule has 0 fully saturated rings. The van der Waals surface area contributed by atoms with E-state index < -0.39 is 23.8 Å². The molecule has 23 heavy (non-hydrogen) atoms. The number of rotatable bonds is 4. The lowest BCUT2D eigenvalue weighted by atomic mass is 10.1. The summed E-state index contributed by atoms with van der Waals surface area (Å²) in [6.07, 6.45) is -3.89. The molecule has 11 heteroatoms. The molecule has 0 amide bonds. The molecular formula is C12H11ClF3N5O2. The highest BCUT2D eigenvalue weighted by Crippen LogP contribution is 2.33. The van der Waals surface area contributed by atoms with Crippen LogP contribution in [0.2, 0.25) is 5.02 Å². The van der Waals surface area contributed by atoms with Crippen LogP contribution in [0.15, 0.2) is 12.3 Å². The maximum absolute atomic E-state index is 12.6. The summed E-state index contributed by atoms with van der Waals surface area (Å²) < 4.78 is 43.8. The topological polar surface area (TPSA) is 82.8 Å². The minimum atomic E-state index is -4.55. The number of aromatic nitrogens is 5. The van der Waals surface area contributed by atoms with Crippen molar-refractivity contribution in [2.24, 2.45) is 0 Å². The third-order valence-corrected chi connectivity index (χ3v) is 3.21. The van der Waals surface area contributed by atoms with Crippen molar-refractivity contribution in [3.05, 3.63) is 34.4 Å². The van der Waals surface area contributed by atoms with Crippen molar-refractivity contribution in [2.75, 3.05) is 6.61 Å². The van der Waals surface area contributed by atoms with E-state index in [4.69, 9.17) is 16.3 Å². The first-order valence-corrected chi connectivity index (χ1v) is 6.81. The van der Waals surface area contributed by atoms with E-state index in [2.05, 4.69) is 20.5 Å². The van der Waals surface area contributed by atoms with E-state index in [1.807, 2.05) is 0 Å². The Morgan fingerprint density at radius 3 is 2.74 bits per heavy atom. The van der Waals surface area contributed by atoms with Gasteiger partial charge in [0.1, 0.15) is 0 Å². The third-order valence-electron chi connectivity index (χ3n) is 2.91. The van der Waals surface area contributed by atoms with Crippen LogP contribution < -0.4 is 0 Å². The van der Waals surface area contributed by atoms with Crippen LogP contribution in [0, 0.1) is 0 Å². The van der Waals surface area contributed by atoms with Gasteiger partial charge in [0.2, 0.25) is 0 Å². The van der Waals surface area contributed by atoms with Gasteiger partial charge in [-0.1, -0.05) is 11.6 Å². The maximum atomic E-state index is 12.6. The fourth-order valence-electron chi connectivity index (χ4n) is 1.81. The molecule has 0 radical (unpaired) electrons. The highest BCUT2D eigenvalue weighted by atomic mass is 35.5. The molecule has 2 aromatic rings. The zero-order chi connectivity index (χ0) is 17.2. The van der Waals surface area contributed by atoms with Crippen LogP contribution in [0.3, 0.4) is 0 Å². The lowest BCUT2D eigenvalue weighted by Gasteiger charge is -2.15. The summed E-state index contributed by atoms with van der Waals surface area (Å²) >= 11 is 5.88. The predicted molar refractivity (Wildman–Crippen MR) is 71.8 cm³/mol. The molecule has 0 saturated heterocycles. The molecule has 2 rings (SSSR count). The first-order valence-electron chi connectivity index (χ1n) is 6.43. The Morgan fingerprint density at radius 1 is 1.48 bits per heavy atom. The van der Waals surface area contributed by atoms with Crippen molar-refractivity contribution in [1.29, 1.82) is 0 Å². The van der Waals surface area contributed by atoms with Gasteiger partial charge in [0, 0.05) is 6.20 Å². The number of carbonyl (C=O) groups excluding carboxylic acids is 1. The zero-order valence-electron chi connectivity index (χ0n) is 12.0. The van der Waals surface area contributed by atoms with Gasteiger partial charge in [0.15, 0.2) is 0 Å². The average molecular weight is 350 g/mol. The summed E-state index contributed by atoms with van der Waals surface area (Å²) in [5, 5.41) is 10.3. The molecule has 2 heterocycles. The second-order valence-corrected chi connectivity index (χ2v) is 4.84. The van der Waals surface area contributed by atoms with Crippen LogP contribution in [0.5, 0.6) is 0 Å².